The van der Waals surface area contributed by atoms with Crippen LogP contribution in [0.25, 0.3) is 11.1 Å². The van der Waals surface area contributed by atoms with Gasteiger partial charge in [-0.05, 0) is 54.4 Å². The molecule has 0 bridgehead atoms. The van der Waals surface area contributed by atoms with Crippen LogP contribution in [0.2, 0.25) is 0 Å². The van der Waals surface area contributed by atoms with Gasteiger partial charge in [0.2, 0.25) is 5.91 Å². The van der Waals surface area contributed by atoms with Crippen LogP contribution in [0.15, 0.2) is 48.8 Å². The van der Waals surface area contributed by atoms with E-state index in [9.17, 15) is 9.59 Å². The molecule has 8 nitrogen and oxygen atoms in total. The third-order valence-electron chi connectivity index (χ3n) is 4.79. The molecule has 0 fully saturated rings. The number of primary amides is 1. The van der Waals surface area contributed by atoms with Crippen LogP contribution in [0.5, 0.6) is 5.75 Å². The number of hydrogen-bond donors (Lipinski definition) is 4. The summed E-state index contributed by atoms with van der Waals surface area (Å²) in [4.78, 5) is 24.5. The van der Waals surface area contributed by atoms with E-state index in [4.69, 9.17) is 10.5 Å². The van der Waals surface area contributed by atoms with Crippen LogP contribution < -0.4 is 21.1 Å². The Morgan fingerprint density at radius 1 is 1.13 bits per heavy atom. The Bertz CT molecular complexity index is 1030. The molecular formula is C22H25N5O3. The average Bonchev–Trinajstić information content (AvgIpc) is 3.28. The number of carbonyl (C=O) groups excluding carboxylic acids is 2. The van der Waals surface area contributed by atoms with Crippen molar-refractivity contribution in [3.05, 3.63) is 65.5 Å². The Kier molecular flexibility index (Phi) is 6.82. The Morgan fingerprint density at radius 2 is 1.97 bits per heavy atom. The lowest BCUT2D eigenvalue weighted by Crippen LogP contribution is -2.19. The zero-order valence-corrected chi connectivity index (χ0v) is 17.0. The predicted molar refractivity (Wildman–Crippen MR) is 115 cm³/mol. The molecule has 0 aliphatic rings. The van der Waals surface area contributed by atoms with E-state index in [0.717, 1.165) is 28.0 Å². The number of aryl methyl sites for hydroxylation is 1. The highest BCUT2D eigenvalue weighted by atomic mass is 16.5. The number of benzene rings is 2. The second-order valence-corrected chi connectivity index (χ2v) is 6.82. The molecule has 30 heavy (non-hydrogen) atoms. The first-order valence-electron chi connectivity index (χ1n) is 9.55. The second kappa shape index (κ2) is 9.71. The lowest BCUT2D eigenvalue weighted by atomic mass is 10.0. The number of rotatable bonds is 9. The molecule has 0 spiro atoms. The van der Waals surface area contributed by atoms with Gasteiger partial charge in [0.1, 0.15) is 5.75 Å². The van der Waals surface area contributed by atoms with Crippen LogP contribution in [-0.2, 0) is 17.8 Å². The summed E-state index contributed by atoms with van der Waals surface area (Å²) in [7, 11) is 3.49. The van der Waals surface area contributed by atoms with Crippen molar-refractivity contribution >= 4 is 17.5 Å². The summed E-state index contributed by atoms with van der Waals surface area (Å²) in [6.45, 7) is 0.697. The summed E-state index contributed by atoms with van der Waals surface area (Å²) in [5.41, 5.74) is 9.91. The van der Waals surface area contributed by atoms with Gasteiger partial charge in [0, 0.05) is 24.7 Å². The average molecular weight is 407 g/mol. The van der Waals surface area contributed by atoms with Crippen molar-refractivity contribution in [3.63, 3.8) is 0 Å². The fourth-order valence-corrected chi connectivity index (χ4v) is 3.23. The third kappa shape index (κ3) is 5.03. The van der Waals surface area contributed by atoms with Crippen molar-refractivity contribution in [2.75, 3.05) is 19.5 Å². The smallest absolute Gasteiger partial charge is 0.250 e. The van der Waals surface area contributed by atoms with Crippen molar-refractivity contribution in [1.29, 1.82) is 0 Å². The first-order chi connectivity index (χ1) is 14.5. The standard InChI is InChI=1S/C22H25N5O3/c1-24-11-16-3-6-18(30-2)9-14(16)5-8-21(28)27-20-7-4-15(10-19(20)22(23)29)17-12-25-26-13-17/h3-4,6-7,9-10,12-13,24H,5,8,11H2,1-2H3,(H2,23,29)(H,25,26)(H,27,28). The molecule has 2 amide bonds. The van der Waals surface area contributed by atoms with Gasteiger partial charge in [0.15, 0.2) is 0 Å². The van der Waals surface area contributed by atoms with Crippen molar-refractivity contribution in [1.82, 2.24) is 15.5 Å². The van der Waals surface area contributed by atoms with Crippen LogP contribution in [0.3, 0.4) is 0 Å². The maximum Gasteiger partial charge on any atom is 0.250 e. The molecule has 0 aliphatic carbocycles. The summed E-state index contributed by atoms with van der Waals surface area (Å²) in [6.07, 6.45) is 4.16. The molecular weight excluding hydrogens is 382 g/mol. The number of aromatic amines is 1. The van der Waals surface area contributed by atoms with E-state index in [0.29, 0.717) is 18.7 Å². The molecule has 0 saturated carbocycles. The highest BCUT2D eigenvalue weighted by Crippen LogP contribution is 2.25. The van der Waals surface area contributed by atoms with E-state index in [-0.39, 0.29) is 17.9 Å². The van der Waals surface area contributed by atoms with E-state index in [1.165, 1.54) is 0 Å². The minimum atomic E-state index is -0.611. The first-order valence-corrected chi connectivity index (χ1v) is 9.55. The van der Waals surface area contributed by atoms with Crippen molar-refractivity contribution < 1.29 is 14.3 Å². The van der Waals surface area contributed by atoms with Crippen molar-refractivity contribution in [2.24, 2.45) is 5.73 Å². The minimum Gasteiger partial charge on any atom is -0.497 e. The molecule has 5 N–H and O–H groups in total. The van der Waals surface area contributed by atoms with Gasteiger partial charge in [0.05, 0.1) is 24.6 Å². The van der Waals surface area contributed by atoms with Gasteiger partial charge in [0.25, 0.3) is 5.91 Å². The highest BCUT2D eigenvalue weighted by molar-refractivity contribution is 6.04. The third-order valence-corrected chi connectivity index (χ3v) is 4.79. The fraction of sp³-hybridized carbons (Fsp3) is 0.227. The van der Waals surface area contributed by atoms with Gasteiger partial charge in [-0.25, -0.2) is 0 Å². The summed E-state index contributed by atoms with van der Waals surface area (Å²) in [5, 5.41) is 12.6. The minimum absolute atomic E-state index is 0.202. The molecule has 0 aliphatic heterocycles. The number of aromatic nitrogens is 2. The molecule has 156 valence electrons. The number of carbonyl (C=O) groups is 2. The number of hydrogen-bond acceptors (Lipinski definition) is 5. The number of methoxy groups -OCH3 is 1. The maximum absolute atomic E-state index is 12.6. The Balaban J connectivity index is 1.73. The molecule has 3 rings (SSSR count). The summed E-state index contributed by atoms with van der Waals surface area (Å²) in [6, 6.07) is 11.0. The van der Waals surface area contributed by atoms with E-state index in [1.54, 1.807) is 37.7 Å². The zero-order chi connectivity index (χ0) is 21.5. The van der Waals surface area contributed by atoms with Crippen LogP contribution >= 0.6 is 0 Å². The Labute approximate surface area is 174 Å². The molecule has 0 unspecified atom stereocenters. The summed E-state index contributed by atoms with van der Waals surface area (Å²) < 4.78 is 5.30. The summed E-state index contributed by atoms with van der Waals surface area (Å²) >= 11 is 0. The van der Waals surface area contributed by atoms with Gasteiger partial charge in [-0.3, -0.25) is 14.7 Å². The Hall–Kier alpha value is -3.65. The number of nitrogens with zero attached hydrogens (tertiary/aromatic N) is 1. The molecule has 1 aromatic heterocycles. The van der Waals surface area contributed by atoms with Gasteiger partial charge in [-0.1, -0.05) is 12.1 Å². The largest absolute Gasteiger partial charge is 0.497 e. The normalized spacial score (nSPS) is 10.6. The van der Waals surface area contributed by atoms with E-state index in [2.05, 4.69) is 20.8 Å². The topological polar surface area (TPSA) is 122 Å². The number of H-pyrrole nitrogens is 1. The molecule has 0 radical (unpaired) electrons. The summed E-state index contributed by atoms with van der Waals surface area (Å²) in [5.74, 6) is -0.0670. The number of anilines is 1. The molecule has 2 aromatic carbocycles. The second-order valence-electron chi connectivity index (χ2n) is 6.82. The van der Waals surface area contributed by atoms with Crippen LogP contribution in [-0.4, -0.2) is 36.2 Å². The van der Waals surface area contributed by atoms with E-state index < -0.39 is 5.91 Å². The van der Waals surface area contributed by atoms with Crippen LogP contribution in [0.1, 0.15) is 27.9 Å². The number of amides is 2. The molecule has 3 aromatic rings. The van der Waals surface area contributed by atoms with Crippen LogP contribution in [0, 0.1) is 0 Å². The SMILES string of the molecule is CNCc1ccc(OC)cc1CCC(=O)Nc1ccc(-c2cn[nH]c2)cc1C(N)=O. The number of nitrogens with one attached hydrogen (secondary N) is 3. The predicted octanol–water partition coefficient (Wildman–Crippen LogP) is 2.47. The first kappa shape index (κ1) is 21.1. The zero-order valence-electron chi connectivity index (χ0n) is 17.0. The molecule has 8 heteroatoms. The molecule has 0 atom stereocenters. The maximum atomic E-state index is 12.6. The quantitative estimate of drug-likeness (QED) is 0.434. The van der Waals surface area contributed by atoms with Gasteiger partial charge in [-0.2, -0.15) is 5.10 Å². The van der Waals surface area contributed by atoms with Gasteiger partial charge < -0.3 is 21.1 Å². The molecule has 0 saturated heterocycles. The highest BCUT2D eigenvalue weighted by Gasteiger charge is 2.14. The van der Waals surface area contributed by atoms with E-state index in [1.807, 2.05) is 25.2 Å². The van der Waals surface area contributed by atoms with Crippen molar-refractivity contribution in [3.8, 4) is 16.9 Å². The molecule has 1 heterocycles. The lowest BCUT2D eigenvalue weighted by Gasteiger charge is -2.13. The fourth-order valence-electron chi connectivity index (χ4n) is 3.23. The van der Waals surface area contributed by atoms with Gasteiger partial charge >= 0.3 is 0 Å². The Morgan fingerprint density at radius 3 is 2.63 bits per heavy atom. The number of ether oxygens (including phenoxy) is 1. The van der Waals surface area contributed by atoms with Crippen LogP contribution in [0.4, 0.5) is 5.69 Å². The number of nitrogens with two attached hydrogens (primary N) is 1. The monoisotopic (exact) mass is 407 g/mol. The lowest BCUT2D eigenvalue weighted by molar-refractivity contribution is -0.116. The van der Waals surface area contributed by atoms with Gasteiger partial charge in [-0.15, -0.1) is 0 Å². The van der Waals surface area contributed by atoms with E-state index >= 15 is 0 Å². The van der Waals surface area contributed by atoms with Crippen molar-refractivity contribution in [2.45, 2.75) is 19.4 Å².